The van der Waals surface area contributed by atoms with Gasteiger partial charge in [0, 0.05) is 0 Å². The number of nitrogens with one attached hydrogen (secondary N) is 1. The van der Waals surface area contributed by atoms with E-state index in [0.717, 1.165) is 18.4 Å². The van der Waals surface area contributed by atoms with Crippen LogP contribution in [-0.2, 0) is 9.53 Å². The van der Waals surface area contributed by atoms with E-state index in [4.69, 9.17) is 9.15 Å². The lowest BCUT2D eigenvalue weighted by Crippen LogP contribution is -2.32. The maximum absolute atomic E-state index is 12.0. The van der Waals surface area contributed by atoms with Crippen molar-refractivity contribution < 1.29 is 18.7 Å². The highest BCUT2D eigenvalue weighted by Gasteiger charge is 2.17. The van der Waals surface area contributed by atoms with Crippen LogP contribution in [0.5, 0.6) is 0 Å². The number of ether oxygens (including phenoxy) is 1. The number of hydrogen-bond acceptors (Lipinski definition) is 4. The molecule has 122 valence electrons. The minimum atomic E-state index is -0.557. The summed E-state index contributed by atoms with van der Waals surface area (Å²) >= 11 is 0. The lowest BCUT2D eigenvalue weighted by molar-refractivity contribution is -0.125. The van der Waals surface area contributed by atoms with Crippen LogP contribution in [0.15, 0.2) is 47.1 Å². The predicted octanol–water partition coefficient (Wildman–Crippen LogP) is 3.40. The lowest BCUT2D eigenvalue weighted by atomic mass is 10.0. The van der Waals surface area contributed by atoms with Crippen molar-refractivity contribution in [2.45, 2.75) is 32.7 Å². The monoisotopic (exact) mass is 315 g/mol. The molecule has 2 aromatic rings. The van der Waals surface area contributed by atoms with Crippen LogP contribution in [0.25, 0.3) is 0 Å². The zero-order valence-electron chi connectivity index (χ0n) is 13.4. The summed E-state index contributed by atoms with van der Waals surface area (Å²) in [6.45, 7) is 3.42. The second kappa shape index (κ2) is 8.17. The number of esters is 1. The van der Waals surface area contributed by atoms with Gasteiger partial charge >= 0.3 is 5.97 Å². The van der Waals surface area contributed by atoms with E-state index in [1.54, 1.807) is 6.92 Å². The third kappa shape index (κ3) is 4.71. The topological polar surface area (TPSA) is 68.5 Å². The number of carbonyl (C=O) groups is 2. The van der Waals surface area contributed by atoms with Crippen molar-refractivity contribution in [3.63, 3.8) is 0 Å². The molecule has 0 unspecified atom stereocenters. The molecule has 23 heavy (non-hydrogen) atoms. The molecule has 0 aliphatic carbocycles. The molecule has 2 rings (SSSR count). The second-order valence-corrected chi connectivity index (χ2v) is 5.29. The Balaban J connectivity index is 1.90. The molecule has 5 nitrogen and oxygen atoms in total. The summed E-state index contributed by atoms with van der Waals surface area (Å²) in [4.78, 5) is 23.9. The van der Waals surface area contributed by atoms with Crippen LogP contribution in [0.2, 0.25) is 0 Å². The molecule has 1 aromatic heterocycles. The quantitative estimate of drug-likeness (QED) is 0.795. The third-order valence-electron chi connectivity index (χ3n) is 3.53. The summed E-state index contributed by atoms with van der Waals surface area (Å²) in [6, 6.07) is 11.2. The van der Waals surface area contributed by atoms with Crippen LogP contribution in [-0.4, -0.2) is 18.5 Å². The largest absolute Gasteiger partial charge is 0.469 e. The van der Waals surface area contributed by atoms with Crippen molar-refractivity contribution in [2.75, 3.05) is 6.61 Å². The van der Waals surface area contributed by atoms with Gasteiger partial charge in [-0.25, -0.2) is 4.79 Å². The molecule has 1 atom stereocenters. The van der Waals surface area contributed by atoms with E-state index in [0.29, 0.717) is 11.3 Å². The highest BCUT2D eigenvalue weighted by atomic mass is 16.5. The maximum Gasteiger partial charge on any atom is 0.342 e. The van der Waals surface area contributed by atoms with E-state index in [-0.39, 0.29) is 18.6 Å². The van der Waals surface area contributed by atoms with E-state index in [1.165, 1.54) is 12.3 Å². The molecule has 0 aliphatic rings. The molecule has 0 fully saturated rings. The molecule has 0 spiro atoms. The van der Waals surface area contributed by atoms with Gasteiger partial charge in [0.2, 0.25) is 0 Å². The van der Waals surface area contributed by atoms with Gasteiger partial charge in [0.25, 0.3) is 5.91 Å². The van der Waals surface area contributed by atoms with Crippen molar-refractivity contribution in [1.82, 2.24) is 5.32 Å². The van der Waals surface area contributed by atoms with Crippen molar-refractivity contribution >= 4 is 11.9 Å². The summed E-state index contributed by atoms with van der Waals surface area (Å²) in [5.74, 6) is -0.400. The van der Waals surface area contributed by atoms with Gasteiger partial charge in [-0.3, -0.25) is 4.79 Å². The molecule has 1 amide bonds. The molecule has 1 N–H and O–H groups in total. The molecule has 0 bridgehead atoms. The Bertz CT molecular complexity index is 648. The average Bonchev–Trinajstić information content (AvgIpc) is 2.99. The number of benzene rings is 1. The fourth-order valence-corrected chi connectivity index (χ4v) is 2.34. The van der Waals surface area contributed by atoms with E-state index in [9.17, 15) is 9.59 Å². The van der Waals surface area contributed by atoms with Crippen LogP contribution in [0.1, 0.15) is 47.5 Å². The minimum absolute atomic E-state index is 0.0805. The van der Waals surface area contributed by atoms with Gasteiger partial charge in [0.05, 0.1) is 12.3 Å². The molecule has 0 saturated heterocycles. The average molecular weight is 315 g/mol. The Morgan fingerprint density at radius 1 is 1.22 bits per heavy atom. The second-order valence-electron chi connectivity index (χ2n) is 5.29. The van der Waals surface area contributed by atoms with Gasteiger partial charge in [-0.05, 0) is 25.0 Å². The van der Waals surface area contributed by atoms with Gasteiger partial charge in [-0.2, -0.15) is 0 Å². The van der Waals surface area contributed by atoms with Crippen LogP contribution in [0, 0.1) is 6.92 Å². The Kier molecular flexibility index (Phi) is 5.97. The van der Waals surface area contributed by atoms with Gasteiger partial charge in [-0.15, -0.1) is 0 Å². The van der Waals surface area contributed by atoms with E-state index in [2.05, 4.69) is 12.2 Å². The number of rotatable bonds is 7. The molecule has 1 heterocycles. The standard InChI is InChI=1S/C18H21NO4/c1-3-7-16(14-8-5-4-6-9-14)19-17(20)12-23-18(21)15-10-11-22-13(15)2/h4-6,8-11,16H,3,7,12H2,1-2H3,(H,19,20)/t16-/m0/s1. The van der Waals surface area contributed by atoms with Gasteiger partial charge in [0.1, 0.15) is 11.3 Å². The zero-order valence-corrected chi connectivity index (χ0v) is 13.4. The van der Waals surface area contributed by atoms with Crippen LogP contribution < -0.4 is 5.32 Å². The van der Waals surface area contributed by atoms with Crippen molar-refractivity contribution in [1.29, 1.82) is 0 Å². The summed E-state index contributed by atoms with van der Waals surface area (Å²) in [6.07, 6.45) is 3.18. The molecule has 5 heteroatoms. The number of carbonyl (C=O) groups excluding carboxylic acids is 2. The van der Waals surface area contributed by atoms with Crippen molar-refractivity contribution in [3.8, 4) is 0 Å². The number of aryl methyl sites for hydroxylation is 1. The zero-order chi connectivity index (χ0) is 16.7. The van der Waals surface area contributed by atoms with E-state index >= 15 is 0 Å². The van der Waals surface area contributed by atoms with Gasteiger partial charge < -0.3 is 14.5 Å². The van der Waals surface area contributed by atoms with Crippen molar-refractivity contribution in [2.24, 2.45) is 0 Å². The van der Waals surface area contributed by atoms with Crippen LogP contribution >= 0.6 is 0 Å². The minimum Gasteiger partial charge on any atom is -0.469 e. The molecule has 0 saturated carbocycles. The summed E-state index contributed by atoms with van der Waals surface area (Å²) in [5.41, 5.74) is 1.38. The van der Waals surface area contributed by atoms with Crippen molar-refractivity contribution in [3.05, 3.63) is 59.5 Å². The normalized spacial score (nSPS) is 11.7. The lowest BCUT2D eigenvalue weighted by Gasteiger charge is -2.18. The molecule has 0 radical (unpaired) electrons. The first kappa shape index (κ1) is 16.8. The maximum atomic E-state index is 12.0. The molecule has 0 aliphatic heterocycles. The van der Waals surface area contributed by atoms with Gasteiger partial charge in [0.15, 0.2) is 6.61 Å². The fraction of sp³-hybridized carbons (Fsp3) is 0.333. The summed E-state index contributed by atoms with van der Waals surface area (Å²) in [7, 11) is 0. The first-order chi connectivity index (χ1) is 11.1. The highest BCUT2D eigenvalue weighted by Crippen LogP contribution is 2.18. The number of hydrogen-bond donors (Lipinski definition) is 1. The Hall–Kier alpha value is -2.56. The SMILES string of the molecule is CCC[C@H](NC(=O)COC(=O)c1ccoc1C)c1ccccc1. The molecular weight excluding hydrogens is 294 g/mol. The summed E-state index contributed by atoms with van der Waals surface area (Å²) < 4.78 is 10.1. The van der Waals surface area contributed by atoms with E-state index in [1.807, 2.05) is 30.3 Å². The summed E-state index contributed by atoms with van der Waals surface area (Å²) in [5, 5.41) is 2.91. The predicted molar refractivity (Wildman–Crippen MR) is 86.0 cm³/mol. The Morgan fingerprint density at radius 3 is 2.57 bits per heavy atom. The fourth-order valence-electron chi connectivity index (χ4n) is 2.34. The Morgan fingerprint density at radius 2 is 1.96 bits per heavy atom. The van der Waals surface area contributed by atoms with Gasteiger partial charge in [-0.1, -0.05) is 43.7 Å². The molecular formula is C18H21NO4. The molecule has 1 aromatic carbocycles. The van der Waals surface area contributed by atoms with E-state index < -0.39 is 5.97 Å². The smallest absolute Gasteiger partial charge is 0.342 e. The van der Waals surface area contributed by atoms with Crippen LogP contribution in [0.3, 0.4) is 0 Å². The highest BCUT2D eigenvalue weighted by molar-refractivity contribution is 5.92. The number of amides is 1. The first-order valence-electron chi connectivity index (χ1n) is 7.67. The van der Waals surface area contributed by atoms with Crippen LogP contribution in [0.4, 0.5) is 0 Å². The third-order valence-corrected chi connectivity index (χ3v) is 3.53. The first-order valence-corrected chi connectivity index (χ1v) is 7.67. The number of furan rings is 1. The Labute approximate surface area is 135 Å².